The molecule has 4 rings (SSSR count). The molecule has 0 aromatic heterocycles. The second kappa shape index (κ2) is 7.29. The Morgan fingerprint density at radius 2 is 2.17 bits per heavy atom. The van der Waals surface area contributed by atoms with Gasteiger partial charge in [0.25, 0.3) is 0 Å². The minimum atomic E-state index is -0.471. The van der Waals surface area contributed by atoms with Crippen molar-refractivity contribution >= 4 is 18.0 Å². The fraction of sp³-hybridized carbons (Fsp3) is 0.417. The number of carbonyl (C=O) groups excluding carboxylic acids is 2. The van der Waals surface area contributed by atoms with Gasteiger partial charge in [-0.1, -0.05) is 32.2 Å². The predicted molar refractivity (Wildman–Crippen MR) is 107 cm³/mol. The van der Waals surface area contributed by atoms with Crippen molar-refractivity contribution in [3.8, 4) is 0 Å². The van der Waals surface area contributed by atoms with E-state index in [-0.39, 0.29) is 41.2 Å². The smallest absolute Gasteiger partial charge is 0.334 e. The highest BCUT2D eigenvalue weighted by molar-refractivity contribution is 5.91. The molecule has 29 heavy (non-hydrogen) atoms. The zero-order chi connectivity index (χ0) is 20.8. The van der Waals surface area contributed by atoms with E-state index in [0.29, 0.717) is 17.6 Å². The van der Waals surface area contributed by atoms with Crippen LogP contribution in [-0.2, 0) is 19.1 Å². The fourth-order valence-corrected chi connectivity index (χ4v) is 5.12. The van der Waals surface area contributed by atoms with Crippen LogP contribution in [0.5, 0.6) is 0 Å². The molecule has 1 aliphatic heterocycles. The van der Waals surface area contributed by atoms with Crippen molar-refractivity contribution in [3.63, 3.8) is 0 Å². The van der Waals surface area contributed by atoms with Crippen molar-refractivity contribution in [3.05, 3.63) is 66.0 Å². The number of carbonyl (C=O) groups is 2. The number of hydrogen-bond donors (Lipinski definition) is 0. The summed E-state index contributed by atoms with van der Waals surface area (Å²) in [5.74, 6) is -0.958. The molecule has 1 aromatic carbocycles. The van der Waals surface area contributed by atoms with Crippen LogP contribution >= 0.6 is 0 Å². The lowest BCUT2D eigenvalue weighted by molar-refractivity contribution is -0.147. The van der Waals surface area contributed by atoms with Crippen molar-refractivity contribution in [1.82, 2.24) is 0 Å². The van der Waals surface area contributed by atoms with Crippen LogP contribution in [0.3, 0.4) is 0 Å². The first-order valence-electron chi connectivity index (χ1n) is 9.99. The lowest BCUT2D eigenvalue weighted by Crippen LogP contribution is -2.47. The summed E-state index contributed by atoms with van der Waals surface area (Å²) in [6, 6.07) is 6.01. The molecule has 4 nitrogen and oxygen atoms in total. The molecule has 0 amide bonds. The van der Waals surface area contributed by atoms with Crippen LogP contribution in [0.2, 0.25) is 0 Å². The van der Waals surface area contributed by atoms with Gasteiger partial charge in [0.1, 0.15) is 18.0 Å². The molecule has 0 spiro atoms. The molecule has 5 heteroatoms. The molecule has 0 radical (unpaired) electrons. The average Bonchev–Trinajstić information content (AvgIpc) is 2.94. The third-order valence-corrected chi connectivity index (χ3v) is 6.77. The Bertz CT molecular complexity index is 917. The molecular formula is C24H25FO4. The van der Waals surface area contributed by atoms with Gasteiger partial charge >= 0.3 is 11.9 Å². The largest absolute Gasteiger partial charge is 0.458 e. The minimum Gasteiger partial charge on any atom is -0.458 e. The van der Waals surface area contributed by atoms with Crippen LogP contribution in [0.4, 0.5) is 4.39 Å². The normalized spacial score (nSPS) is 33.9. The van der Waals surface area contributed by atoms with E-state index < -0.39 is 5.97 Å². The molecule has 0 N–H and O–H groups in total. The predicted octanol–water partition coefficient (Wildman–Crippen LogP) is 4.61. The first-order valence-corrected chi connectivity index (χ1v) is 9.99. The number of hydrogen-bond acceptors (Lipinski definition) is 4. The van der Waals surface area contributed by atoms with Gasteiger partial charge in [0.15, 0.2) is 0 Å². The average molecular weight is 396 g/mol. The van der Waals surface area contributed by atoms with Gasteiger partial charge in [0.05, 0.1) is 0 Å². The quantitative estimate of drug-likeness (QED) is 0.425. The molecule has 3 aliphatic rings. The van der Waals surface area contributed by atoms with Gasteiger partial charge in [0, 0.05) is 17.6 Å². The summed E-state index contributed by atoms with van der Waals surface area (Å²) in [6.45, 7) is 10.4. The van der Waals surface area contributed by atoms with Crippen LogP contribution in [0.1, 0.15) is 38.2 Å². The third-order valence-electron chi connectivity index (χ3n) is 6.77. The zero-order valence-corrected chi connectivity index (χ0v) is 16.5. The van der Waals surface area contributed by atoms with Gasteiger partial charge in [0.2, 0.25) is 0 Å². The molecule has 3 fully saturated rings. The first kappa shape index (κ1) is 19.6. The Hall–Kier alpha value is -2.69. The summed E-state index contributed by atoms with van der Waals surface area (Å²) < 4.78 is 24.4. The van der Waals surface area contributed by atoms with E-state index in [2.05, 4.69) is 20.1 Å². The summed E-state index contributed by atoms with van der Waals surface area (Å²) in [4.78, 5) is 24.2. The first-order chi connectivity index (χ1) is 13.8. The Balaban J connectivity index is 1.43. The van der Waals surface area contributed by atoms with E-state index in [4.69, 9.17) is 9.47 Å². The number of esters is 2. The van der Waals surface area contributed by atoms with Crippen molar-refractivity contribution in [2.75, 3.05) is 0 Å². The number of rotatable bonds is 3. The lowest BCUT2D eigenvalue weighted by Gasteiger charge is -2.51. The highest BCUT2D eigenvalue weighted by Gasteiger charge is 2.54. The Labute approximate surface area is 170 Å². The van der Waals surface area contributed by atoms with Gasteiger partial charge in [-0.3, -0.25) is 0 Å². The Kier molecular flexibility index (Phi) is 4.93. The molecular weight excluding hydrogens is 371 g/mol. The summed E-state index contributed by atoms with van der Waals surface area (Å²) in [5.41, 5.74) is 2.02. The molecule has 2 aliphatic carbocycles. The van der Waals surface area contributed by atoms with Gasteiger partial charge < -0.3 is 9.47 Å². The van der Waals surface area contributed by atoms with E-state index in [1.54, 1.807) is 12.1 Å². The Morgan fingerprint density at radius 1 is 1.38 bits per heavy atom. The number of ether oxygens (including phenoxy) is 2. The topological polar surface area (TPSA) is 52.6 Å². The standard InChI is InChI=1S/C24H25FO4/c1-14-18-12-19-15(2)20(9-10-24(19,3)13-21(18)29-23(14)27)28-22(26)8-7-16-5-4-6-17(25)11-16/h4-8,11,18-21H,1-2,9-10,12-13H2,3H3/b8-7+/t18-,19+,20-,21-,24-/m1/s1. The highest BCUT2D eigenvalue weighted by Crippen LogP contribution is 2.57. The molecule has 1 aromatic rings. The van der Waals surface area contributed by atoms with Crippen LogP contribution in [0.15, 0.2) is 54.6 Å². The molecule has 1 saturated heterocycles. The molecule has 2 saturated carbocycles. The maximum atomic E-state index is 13.3. The third kappa shape index (κ3) is 3.66. The monoisotopic (exact) mass is 396 g/mol. The van der Waals surface area contributed by atoms with Gasteiger partial charge in [-0.25, -0.2) is 14.0 Å². The molecule has 1 heterocycles. The van der Waals surface area contributed by atoms with Crippen molar-refractivity contribution in [2.24, 2.45) is 17.3 Å². The van der Waals surface area contributed by atoms with E-state index in [0.717, 1.165) is 24.8 Å². The lowest BCUT2D eigenvalue weighted by atomic mass is 9.55. The van der Waals surface area contributed by atoms with E-state index >= 15 is 0 Å². The second-order valence-electron chi connectivity index (χ2n) is 8.65. The zero-order valence-electron chi connectivity index (χ0n) is 16.5. The fourth-order valence-electron chi connectivity index (χ4n) is 5.12. The second-order valence-corrected chi connectivity index (χ2v) is 8.65. The molecule has 5 atom stereocenters. The van der Waals surface area contributed by atoms with Crippen molar-refractivity contribution in [2.45, 2.75) is 44.8 Å². The van der Waals surface area contributed by atoms with Gasteiger partial charge in [-0.2, -0.15) is 0 Å². The summed E-state index contributed by atoms with van der Waals surface area (Å²) in [6.07, 6.45) is 5.49. The van der Waals surface area contributed by atoms with Gasteiger partial charge in [-0.15, -0.1) is 0 Å². The van der Waals surface area contributed by atoms with Crippen LogP contribution in [0.25, 0.3) is 6.08 Å². The SMILES string of the molecule is C=C1C(=O)O[C@@H]2C[C@@]3(C)CC[C@@H](OC(=O)/C=C/c4cccc(F)c4)C(=C)[C@@H]3C[C@H]12. The molecule has 0 unspecified atom stereocenters. The number of halogens is 1. The summed E-state index contributed by atoms with van der Waals surface area (Å²) in [7, 11) is 0. The minimum absolute atomic E-state index is 0.0136. The van der Waals surface area contributed by atoms with Crippen molar-refractivity contribution in [1.29, 1.82) is 0 Å². The summed E-state index contributed by atoms with van der Waals surface area (Å²) >= 11 is 0. The summed E-state index contributed by atoms with van der Waals surface area (Å²) in [5, 5.41) is 0. The van der Waals surface area contributed by atoms with E-state index in [9.17, 15) is 14.0 Å². The van der Waals surface area contributed by atoms with E-state index in [1.165, 1.54) is 24.3 Å². The van der Waals surface area contributed by atoms with Crippen molar-refractivity contribution < 1.29 is 23.5 Å². The number of benzene rings is 1. The van der Waals surface area contributed by atoms with E-state index in [1.807, 2.05) is 0 Å². The molecule has 152 valence electrons. The number of fused-ring (bicyclic) bond motifs is 2. The van der Waals surface area contributed by atoms with Crippen LogP contribution in [0, 0.1) is 23.1 Å². The molecule has 0 bridgehead atoms. The Morgan fingerprint density at radius 3 is 2.93 bits per heavy atom. The van der Waals surface area contributed by atoms with Crippen LogP contribution < -0.4 is 0 Å². The highest BCUT2D eigenvalue weighted by atomic mass is 19.1. The van der Waals surface area contributed by atoms with Gasteiger partial charge in [-0.05, 0) is 66.4 Å². The maximum Gasteiger partial charge on any atom is 0.334 e. The van der Waals surface area contributed by atoms with Crippen LogP contribution in [-0.4, -0.2) is 24.1 Å². The maximum absolute atomic E-state index is 13.3.